The molecule has 0 N–H and O–H groups in total. The van der Waals surface area contributed by atoms with E-state index in [4.69, 9.17) is 5.26 Å². The molecule has 3 nitrogen and oxygen atoms in total. The highest BCUT2D eigenvalue weighted by Gasteiger charge is 2.13. The van der Waals surface area contributed by atoms with Gasteiger partial charge in [0.2, 0.25) is 0 Å². The van der Waals surface area contributed by atoms with Gasteiger partial charge in [-0.2, -0.15) is 5.26 Å². The predicted octanol–water partition coefficient (Wildman–Crippen LogP) is 2.18. The van der Waals surface area contributed by atoms with Gasteiger partial charge in [0, 0.05) is 14.7 Å². The molecule has 0 amide bonds. The lowest BCUT2D eigenvalue weighted by atomic mass is 9.99. The first-order chi connectivity index (χ1) is 6.60. The van der Waals surface area contributed by atoms with E-state index in [1.165, 1.54) is 6.92 Å². The largest absolute Gasteiger partial charge is 0.298 e. The molecule has 0 aromatic heterocycles. The van der Waals surface area contributed by atoms with Gasteiger partial charge in [0.05, 0.1) is 11.6 Å². The van der Waals surface area contributed by atoms with Gasteiger partial charge >= 0.3 is 0 Å². The van der Waals surface area contributed by atoms with Gasteiger partial charge in [-0.1, -0.05) is 0 Å². The Morgan fingerprint density at radius 2 is 2.21 bits per heavy atom. The number of hydrogen-bond donors (Lipinski definition) is 0. The van der Waals surface area contributed by atoms with Crippen molar-refractivity contribution in [2.45, 2.75) is 6.92 Å². The Morgan fingerprint density at radius 3 is 2.64 bits per heavy atom. The summed E-state index contributed by atoms with van der Waals surface area (Å²) in [6.07, 6.45) is 0.597. The molecule has 0 radical (unpaired) electrons. The van der Waals surface area contributed by atoms with E-state index in [0.717, 1.165) is 3.57 Å². The summed E-state index contributed by atoms with van der Waals surface area (Å²) in [5.41, 5.74) is 0.746. The maximum atomic E-state index is 11.2. The van der Waals surface area contributed by atoms with Crippen molar-refractivity contribution in [1.29, 1.82) is 5.26 Å². The summed E-state index contributed by atoms with van der Waals surface area (Å²) < 4.78 is 0.770. The molecule has 0 aliphatic carbocycles. The van der Waals surface area contributed by atoms with Crippen molar-refractivity contribution < 1.29 is 9.59 Å². The fourth-order valence-electron chi connectivity index (χ4n) is 1.20. The van der Waals surface area contributed by atoms with Crippen LogP contribution in [-0.2, 0) is 0 Å². The number of halogens is 1. The van der Waals surface area contributed by atoms with Gasteiger partial charge in [0.15, 0.2) is 12.1 Å². The van der Waals surface area contributed by atoms with E-state index in [0.29, 0.717) is 6.29 Å². The van der Waals surface area contributed by atoms with Gasteiger partial charge in [-0.15, -0.1) is 0 Å². The van der Waals surface area contributed by atoms with Gasteiger partial charge in [0.25, 0.3) is 0 Å². The first-order valence-corrected chi connectivity index (χ1v) is 4.87. The molecule has 0 saturated carbocycles. The number of ketones is 1. The normalized spacial score (nSPS) is 9.21. The summed E-state index contributed by atoms with van der Waals surface area (Å²) in [6.45, 7) is 1.34. The van der Waals surface area contributed by atoms with Gasteiger partial charge in [-0.3, -0.25) is 9.59 Å². The number of nitriles is 1. The van der Waals surface area contributed by atoms with Crippen LogP contribution in [0, 0.1) is 14.9 Å². The molecule has 0 aliphatic heterocycles. The van der Waals surface area contributed by atoms with Gasteiger partial charge in [0.1, 0.15) is 0 Å². The summed E-state index contributed by atoms with van der Waals surface area (Å²) in [4.78, 5) is 21.9. The second kappa shape index (κ2) is 4.33. The molecule has 0 unspecified atom stereocenters. The molecule has 1 aromatic rings. The lowest BCUT2D eigenvalue weighted by Crippen LogP contribution is -2.03. The van der Waals surface area contributed by atoms with E-state index in [1.54, 1.807) is 12.1 Å². The number of hydrogen-bond acceptors (Lipinski definition) is 3. The molecule has 1 rings (SSSR count). The quantitative estimate of drug-likeness (QED) is 0.478. The third-order valence-electron chi connectivity index (χ3n) is 1.73. The highest BCUT2D eigenvalue weighted by atomic mass is 127. The third-order valence-corrected chi connectivity index (χ3v) is 2.36. The molecule has 14 heavy (non-hydrogen) atoms. The minimum absolute atomic E-state index is 0.211. The van der Waals surface area contributed by atoms with Crippen LogP contribution in [0.5, 0.6) is 0 Å². The zero-order chi connectivity index (χ0) is 10.7. The second-order valence-electron chi connectivity index (χ2n) is 2.70. The highest BCUT2D eigenvalue weighted by Crippen LogP contribution is 2.18. The number of nitrogens with zero attached hydrogens (tertiary/aromatic N) is 1. The van der Waals surface area contributed by atoms with Crippen LogP contribution in [0.3, 0.4) is 0 Å². The average molecular weight is 299 g/mol. The predicted molar refractivity (Wildman–Crippen MR) is 59.3 cm³/mol. The van der Waals surface area contributed by atoms with Crippen molar-refractivity contribution in [2.24, 2.45) is 0 Å². The molecule has 70 valence electrons. The fourth-order valence-corrected chi connectivity index (χ4v) is 1.85. The van der Waals surface area contributed by atoms with Crippen LogP contribution in [-0.4, -0.2) is 12.1 Å². The van der Waals surface area contributed by atoms with Gasteiger partial charge in [-0.05, 0) is 41.6 Å². The van der Waals surface area contributed by atoms with Crippen molar-refractivity contribution in [2.75, 3.05) is 0 Å². The van der Waals surface area contributed by atoms with Crippen LogP contribution in [0.1, 0.15) is 33.2 Å². The summed E-state index contributed by atoms with van der Waals surface area (Å²) in [5, 5.41) is 8.79. The maximum Gasteiger partial charge on any atom is 0.161 e. The number of rotatable bonds is 2. The first-order valence-electron chi connectivity index (χ1n) is 3.80. The summed E-state index contributed by atoms with van der Waals surface area (Å²) in [6, 6.07) is 5.08. The Kier molecular flexibility index (Phi) is 3.36. The zero-order valence-electron chi connectivity index (χ0n) is 7.37. The molecule has 0 bridgehead atoms. The average Bonchev–Trinajstić information content (AvgIpc) is 2.15. The molecule has 0 heterocycles. The van der Waals surface area contributed by atoms with E-state index in [9.17, 15) is 9.59 Å². The van der Waals surface area contributed by atoms with E-state index >= 15 is 0 Å². The summed E-state index contributed by atoms with van der Waals surface area (Å²) in [7, 11) is 0. The minimum atomic E-state index is -0.264. The Balaban J connectivity index is 3.58. The number of carbonyl (C=O) groups is 2. The van der Waals surface area contributed by atoms with E-state index in [1.807, 2.05) is 28.7 Å². The Morgan fingerprint density at radius 1 is 1.57 bits per heavy atom. The molecule has 0 atom stereocenters. The summed E-state index contributed by atoms with van der Waals surface area (Å²) >= 11 is 2.00. The van der Waals surface area contributed by atoms with E-state index < -0.39 is 0 Å². The smallest absolute Gasteiger partial charge is 0.161 e. The maximum absolute atomic E-state index is 11.2. The van der Waals surface area contributed by atoms with Crippen molar-refractivity contribution >= 4 is 34.7 Å². The summed E-state index contributed by atoms with van der Waals surface area (Å²) in [5.74, 6) is -0.264. The van der Waals surface area contributed by atoms with Crippen LogP contribution in [0.4, 0.5) is 0 Å². The molecule has 0 fully saturated rings. The molecule has 4 heteroatoms. The van der Waals surface area contributed by atoms with Crippen molar-refractivity contribution in [3.63, 3.8) is 0 Å². The topological polar surface area (TPSA) is 57.9 Å². The molecule has 1 aromatic carbocycles. The number of Topliss-reactive ketones (excluding diaryl/α,β-unsaturated/α-hetero) is 1. The second-order valence-corrected chi connectivity index (χ2v) is 3.95. The van der Waals surface area contributed by atoms with Crippen LogP contribution in [0.2, 0.25) is 0 Å². The monoisotopic (exact) mass is 299 g/mol. The minimum Gasteiger partial charge on any atom is -0.298 e. The van der Waals surface area contributed by atoms with Crippen LogP contribution in [0.25, 0.3) is 0 Å². The van der Waals surface area contributed by atoms with E-state index in [-0.39, 0.29) is 22.5 Å². The fraction of sp³-hybridized carbons (Fsp3) is 0.100. The number of aldehydes is 1. The molecule has 0 aliphatic rings. The van der Waals surface area contributed by atoms with Crippen LogP contribution in [0.15, 0.2) is 12.1 Å². The SMILES string of the molecule is CC(=O)c1c(C#N)cc(I)cc1C=O. The third kappa shape index (κ3) is 1.99. The standard InChI is InChI=1S/C10H6INO2/c1-6(14)10-7(4-12)2-9(11)3-8(10)5-13/h2-3,5H,1H3. The lowest BCUT2D eigenvalue weighted by Gasteiger charge is -2.03. The Hall–Kier alpha value is -1.22. The molecular weight excluding hydrogens is 293 g/mol. The van der Waals surface area contributed by atoms with Crippen molar-refractivity contribution in [3.05, 3.63) is 32.4 Å². The highest BCUT2D eigenvalue weighted by molar-refractivity contribution is 14.1. The van der Waals surface area contributed by atoms with E-state index in [2.05, 4.69) is 0 Å². The number of carbonyl (C=O) groups excluding carboxylic acids is 2. The lowest BCUT2D eigenvalue weighted by molar-refractivity contribution is 0.100. The van der Waals surface area contributed by atoms with Crippen LogP contribution < -0.4 is 0 Å². The van der Waals surface area contributed by atoms with Crippen molar-refractivity contribution in [1.82, 2.24) is 0 Å². The Labute approximate surface area is 94.9 Å². The Bertz CT molecular complexity index is 446. The molecule has 0 saturated heterocycles. The number of benzene rings is 1. The zero-order valence-corrected chi connectivity index (χ0v) is 9.53. The molecular formula is C10H6INO2. The first kappa shape index (κ1) is 10.9. The van der Waals surface area contributed by atoms with Crippen molar-refractivity contribution in [3.8, 4) is 6.07 Å². The van der Waals surface area contributed by atoms with Gasteiger partial charge in [-0.25, -0.2) is 0 Å². The molecule has 0 spiro atoms. The van der Waals surface area contributed by atoms with Crippen LogP contribution >= 0.6 is 22.6 Å². The van der Waals surface area contributed by atoms with Gasteiger partial charge < -0.3 is 0 Å².